The highest BCUT2D eigenvalue weighted by Gasteiger charge is 2.35. The number of benzene rings is 2. The van der Waals surface area contributed by atoms with Gasteiger partial charge in [-0.25, -0.2) is 9.59 Å². The molecule has 2 aromatic carbocycles. The van der Waals surface area contributed by atoms with Crippen LogP contribution in [0.3, 0.4) is 0 Å². The van der Waals surface area contributed by atoms with Crippen LogP contribution in [0.4, 0.5) is 4.79 Å². The first kappa shape index (κ1) is 19.3. The zero-order chi connectivity index (χ0) is 19.4. The first-order chi connectivity index (χ1) is 13.0. The average molecular weight is 385 g/mol. The molecule has 1 amide bonds. The number of carbonyl (C=O) groups excluding carboxylic acids is 1. The van der Waals surface area contributed by atoms with Crippen LogP contribution in [0.2, 0.25) is 0 Å². The summed E-state index contributed by atoms with van der Waals surface area (Å²) in [5.41, 5.74) is 3.20. The van der Waals surface area contributed by atoms with Crippen molar-refractivity contribution < 1.29 is 19.4 Å². The fraction of sp³-hybridized carbons (Fsp3) is 0.333. The SMILES string of the molecule is CSCC[C@@](C)(NC(=O)OCC1c2ccccc2-c2ccccc21)C(=O)O. The van der Waals surface area contributed by atoms with Crippen LogP contribution in [0.15, 0.2) is 48.5 Å². The number of carboxylic acid groups (broad SMARTS) is 1. The molecule has 1 atom stereocenters. The highest BCUT2D eigenvalue weighted by atomic mass is 32.2. The minimum Gasteiger partial charge on any atom is -0.480 e. The summed E-state index contributed by atoms with van der Waals surface area (Å²) < 4.78 is 5.45. The predicted octanol–water partition coefficient (Wildman–Crippen LogP) is 4.12. The molecule has 0 aliphatic heterocycles. The van der Waals surface area contributed by atoms with Gasteiger partial charge in [0.15, 0.2) is 0 Å². The molecule has 5 nitrogen and oxygen atoms in total. The predicted molar refractivity (Wildman–Crippen MR) is 107 cm³/mol. The van der Waals surface area contributed by atoms with Gasteiger partial charge in [-0.2, -0.15) is 11.8 Å². The zero-order valence-electron chi connectivity index (χ0n) is 15.4. The van der Waals surface area contributed by atoms with Crippen LogP contribution in [0.5, 0.6) is 0 Å². The van der Waals surface area contributed by atoms with Crippen LogP contribution in [0, 0.1) is 0 Å². The van der Waals surface area contributed by atoms with Crippen LogP contribution < -0.4 is 5.32 Å². The van der Waals surface area contributed by atoms with Gasteiger partial charge in [-0.15, -0.1) is 0 Å². The standard InChI is InChI=1S/C21H23NO4S/c1-21(19(23)24,11-12-27-2)22-20(25)26-13-18-16-9-5-3-7-14(16)15-8-4-6-10-17(15)18/h3-10,18H,11-13H2,1-2H3,(H,22,25)(H,23,24)/t21-/m1/s1. The molecule has 2 N–H and O–H groups in total. The molecular formula is C21H23NO4S. The molecular weight excluding hydrogens is 362 g/mol. The topological polar surface area (TPSA) is 75.6 Å². The van der Waals surface area contributed by atoms with E-state index in [1.807, 2.05) is 42.7 Å². The molecule has 27 heavy (non-hydrogen) atoms. The second kappa shape index (κ2) is 8.05. The van der Waals surface area contributed by atoms with E-state index < -0.39 is 17.6 Å². The smallest absolute Gasteiger partial charge is 0.408 e. The molecule has 3 rings (SSSR count). The van der Waals surface area contributed by atoms with Crippen molar-refractivity contribution in [1.29, 1.82) is 0 Å². The number of alkyl carbamates (subject to hydrolysis) is 1. The van der Waals surface area contributed by atoms with Gasteiger partial charge in [0.2, 0.25) is 0 Å². The Morgan fingerprint density at radius 3 is 2.19 bits per heavy atom. The van der Waals surface area contributed by atoms with E-state index in [0.717, 1.165) is 22.3 Å². The Labute approximate surface area is 163 Å². The summed E-state index contributed by atoms with van der Waals surface area (Å²) in [7, 11) is 0. The molecule has 0 radical (unpaired) electrons. The number of ether oxygens (including phenoxy) is 1. The quantitative estimate of drug-likeness (QED) is 0.750. The van der Waals surface area contributed by atoms with Crippen LogP contribution in [-0.4, -0.2) is 41.3 Å². The van der Waals surface area contributed by atoms with Crippen LogP contribution >= 0.6 is 11.8 Å². The molecule has 0 bridgehead atoms. The molecule has 0 saturated carbocycles. The highest BCUT2D eigenvalue weighted by molar-refractivity contribution is 7.98. The monoisotopic (exact) mass is 385 g/mol. The average Bonchev–Trinajstić information content (AvgIpc) is 2.98. The molecule has 2 aromatic rings. The van der Waals surface area contributed by atoms with E-state index in [9.17, 15) is 14.7 Å². The van der Waals surface area contributed by atoms with E-state index >= 15 is 0 Å². The van der Waals surface area contributed by atoms with Crippen molar-refractivity contribution in [2.24, 2.45) is 0 Å². The number of hydrogen-bond acceptors (Lipinski definition) is 4. The molecule has 0 saturated heterocycles. The van der Waals surface area contributed by atoms with E-state index in [4.69, 9.17) is 4.74 Å². The number of fused-ring (bicyclic) bond motifs is 3. The molecule has 0 spiro atoms. The Bertz CT molecular complexity index is 808. The lowest BCUT2D eigenvalue weighted by molar-refractivity contribution is -0.144. The lowest BCUT2D eigenvalue weighted by Gasteiger charge is -2.26. The van der Waals surface area contributed by atoms with Gasteiger partial charge in [0, 0.05) is 5.92 Å². The molecule has 0 heterocycles. The molecule has 0 aromatic heterocycles. The first-order valence-electron chi connectivity index (χ1n) is 8.82. The van der Waals surface area contributed by atoms with Gasteiger partial charge < -0.3 is 15.2 Å². The summed E-state index contributed by atoms with van der Waals surface area (Å²) in [5.74, 6) is -0.484. The molecule has 1 aliphatic rings. The second-order valence-corrected chi connectivity index (χ2v) is 7.82. The lowest BCUT2D eigenvalue weighted by Crippen LogP contribution is -2.52. The zero-order valence-corrected chi connectivity index (χ0v) is 16.2. The van der Waals surface area contributed by atoms with E-state index in [0.29, 0.717) is 12.2 Å². The maximum Gasteiger partial charge on any atom is 0.408 e. The van der Waals surface area contributed by atoms with Crippen LogP contribution in [-0.2, 0) is 9.53 Å². The van der Waals surface area contributed by atoms with Crippen molar-refractivity contribution in [3.05, 3.63) is 59.7 Å². The fourth-order valence-electron chi connectivity index (χ4n) is 3.39. The van der Waals surface area contributed by atoms with Gasteiger partial charge >= 0.3 is 12.1 Å². The number of carbonyl (C=O) groups is 2. The van der Waals surface area contributed by atoms with Crippen molar-refractivity contribution >= 4 is 23.8 Å². The molecule has 0 fully saturated rings. The third-order valence-electron chi connectivity index (χ3n) is 5.00. The summed E-state index contributed by atoms with van der Waals surface area (Å²) in [6.07, 6.45) is 1.52. The number of nitrogens with one attached hydrogen (secondary N) is 1. The number of amides is 1. The van der Waals surface area contributed by atoms with Gasteiger partial charge in [-0.05, 0) is 47.6 Å². The number of rotatable bonds is 7. The van der Waals surface area contributed by atoms with Gasteiger partial charge in [0.05, 0.1) is 0 Å². The summed E-state index contributed by atoms with van der Waals surface area (Å²) in [4.78, 5) is 23.9. The van der Waals surface area contributed by atoms with Crippen LogP contribution in [0.25, 0.3) is 11.1 Å². The molecule has 1 aliphatic carbocycles. The summed E-state index contributed by atoms with van der Waals surface area (Å²) in [5, 5.41) is 12.0. The van der Waals surface area contributed by atoms with Gasteiger partial charge in [-0.1, -0.05) is 48.5 Å². The number of aliphatic carboxylic acids is 1. The number of thioether (sulfide) groups is 1. The normalized spacial score (nSPS) is 14.7. The summed E-state index contributed by atoms with van der Waals surface area (Å²) in [6, 6.07) is 16.2. The van der Waals surface area contributed by atoms with E-state index in [1.54, 1.807) is 0 Å². The number of hydrogen-bond donors (Lipinski definition) is 2. The molecule has 0 unspecified atom stereocenters. The summed E-state index contributed by atoms with van der Waals surface area (Å²) in [6.45, 7) is 1.67. The lowest BCUT2D eigenvalue weighted by atomic mass is 9.98. The van der Waals surface area contributed by atoms with Gasteiger partial charge in [-0.3, -0.25) is 0 Å². The minimum atomic E-state index is -1.34. The Morgan fingerprint density at radius 2 is 1.67 bits per heavy atom. The third-order valence-corrected chi connectivity index (χ3v) is 5.61. The van der Waals surface area contributed by atoms with E-state index in [1.165, 1.54) is 18.7 Å². The molecule has 6 heteroatoms. The fourth-order valence-corrected chi connectivity index (χ4v) is 4.00. The third kappa shape index (κ3) is 3.95. The largest absolute Gasteiger partial charge is 0.480 e. The second-order valence-electron chi connectivity index (χ2n) is 6.83. The Hall–Kier alpha value is -2.47. The summed E-state index contributed by atoms with van der Waals surface area (Å²) >= 11 is 1.54. The van der Waals surface area contributed by atoms with Crippen molar-refractivity contribution in [2.45, 2.75) is 24.8 Å². The van der Waals surface area contributed by atoms with Crippen molar-refractivity contribution in [1.82, 2.24) is 5.32 Å². The number of carboxylic acids is 1. The highest BCUT2D eigenvalue weighted by Crippen LogP contribution is 2.44. The minimum absolute atomic E-state index is 0.0505. The van der Waals surface area contributed by atoms with Gasteiger partial charge in [0.25, 0.3) is 0 Å². The Balaban J connectivity index is 1.71. The maximum atomic E-state index is 12.3. The Morgan fingerprint density at radius 1 is 1.11 bits per heavy atom. The van der Waals surface area contributed by atoms with E-state index in [2.05, 4.69) is 17.4 Å². The maximum absolute atomic E-state index is 12.3. The van der Waals surface area contributed by atoms with Crippen LogP contribution in [0.1, 0.15) is 30.4 Å². The van der Waals surface area contributed by atoms with Crippen molar-refractivity contribution in [3.8, 4) is 11.1 Å². The van der Waals surface area contributed by atoms with Gasteiger partial charge in [0.1, 0.15) is 12.1 Å². The van der Waals surface area contributed by atoms with Crippen molar-refractivity contribution in [2.75, 3.05) is 18.6 Å². The Kier molecular flexibility index (Phi) is 5.75. The molecule has 142 valence electrons. The van der Waals surface area contributed by atoms with Crippen molar-refractivity contribution in [3.63, 3.8) is 0 Å². The first-order valence-corrected chi connectivity index (χ1v) is 10.2. The van der Waals surface area contributed by atoms with E-state index in [-0.39, 0.29) is 12.5 Å².